The summed E-state index contributed by atoms with van der Waals surface area (Å²) in [5, 5.41) is 23.6. The van der Waals surface area contributed by atoms with Gasteiger partial charge in [-0.05, 0) is 120 Å². The topological polar surface area (TPSA) is 280 Å². The molecule has 0 spiro atoms. The van der Waals surface area contributed by atoms with Crippen LogP contribution in [0.3, 0.4) is 0 Å². The second kappa shape index (κ2) is 31.4. The first kappa shape index (κ1) is 63.5. The number of hydrogen-bond acceptors (Lipinski definition) is 14. The summed E-state index contributed by atoms with van der Waals surface area (Å²) >= 11 is 1.13. The van der Waals surface area contributed by atoms with E-state index in [0.717, 1.165) is 34.8 Å². The second-order valence-electron chi connectivity index (χ2n) is 21.3. The van der Waals surface area contributed by atoms with Gasteiger partial charge in [-0.1, -0.05) is 66.5 Å². The van der Waals surface area contributed by atoms with Crippen molar-refractivity contribution in [3.05, 3.63) is 58.1 Å². The summed E-state index contributed by atoms with van der Waals surface area (Å²) in [7, 11) is 1.94. The Hall–Kier alpha value is -6.06. The number of unbranched alkanes of at least 4 members (excludes halogenated alkanes) is 3. The third-order valence-corrected chi connectivity index (χ3v) is 15.6. The van der Waals surface area contributed by atoms with Gasteiger partial charge in [0.15, 0.2) is 6.10 Å². The number of ether oxygens (including phenoxy) is 1. The first-order chi connectivity index (χ1) is 36.6. The van der Waals surface area contributed by atoms with E-state index in [9.17, 15) is 48.3 Å². The van der Waals surface area contributed by atoms with Gasteiger partial charge in [0.05, 0.1) is 12.0 Å². The van der Waals surface area contributed by atoms with E-state index in [1.165, 1.54) is 19.1 Å². The van der Waals surface area contributed by atoms with E-state index in [2.05, 4.69) is 33.2 Å². The van der Waals surface area contributed by atoms with Gasteiger partial charge in [-0.15, -0.1) is 11.3 Å². The van der Waals surface area contributed by atoms with Crippen LogP contribution in [0.2, 0.25) is 0 Å². The molecule has 1 aromatic heterocycles. The largest absolute Gasteiger partial charge is 0.481 e. The number of carboxylic acid groups (broad SMARTS) is 1. The number of benzene rings is 1. The predicted octanol–water partition coefficient (Wildman–Crippen LogP) is 5.76. The van der Waals surface area contributed by atoms with Crippen LogP contribution in [0, 0.1) is 23.7 Å². The van der Waals surface area contributed by atoms with Crippen LogP contribution in [0.4, 0.5) is 5.69 Å². The molecule has 0 radical (unpaired) electrons. The zero-order chi connectivity index (χ0) is 56.9. The molecule has 20 nitrogen and oxygen atoms in total. The van der Waals surface area contributed by atoms with Gasteiger partial charge in [0.2, 0.25) is 23.6 Å². The van der Waals surface area contributed by atoms with Gasteiger partial charge < -0.3 is 41.7 Å². The van der Waals surface area contributed by atoms with E-state index in [1.807, 2.05) is 46.6 Å². The summed E-state index contributed by atoms with van der Waals surface area (Å²) < 4.78 is 5.87. The molecule has 77 heavy (non-hydrogen) atoms. The number of piperidine rings is 1. The van der Waals surface area contributed by atoms with E-state index >= 15 is 0 Å². The number of hydrogen-bond donors (Lipinski definition) is 6. The average Bonchev–Trinajstić information content (AvgIpc) is 4.01. The number of thiazole rings is 1. The van der Waals surface area contributed by atoms with E-state index in [4.69, 9.17) is 10.5 Å². The average molecular weight is 1090 g/mol. The number of aliphatic carboxylic acids is 1. The SMILES string of the molecule is CC[C@H](C)[C@H](NC(=O)C1C[C@H](C)CCN1C)C(=O)N(CC)[C@H](C[C@@H](OC(C)=O)c1nc(C(=O)N[C@@H](Cc2ccc(NC(=O)[C@H](CCCCN)NC(=O)CCCCCN3C(=O)C=CC3=O)cc2)C[C@H](C)C(=O)O)cs1)C(C)C. The molecule has 4 rings (SSSR count). The highest BCUT2D eigenvalue weighted by Crippen LogP contribution is 2.32. The van der Waals surface area contributed by atoms with Crippen molar-refractivity contribution < 1.29 is 53.0 Å². The van der Waals surface area contributed by atoms with Crippen LogP contribution in [0.15, 0.2) is 41.8 Å². The molecule has 2 aliphatic rings. The number of likely N-dealkylation sites (N-methyl/N-ethyl adjacent to an activating group) is 2. The van der Waals surface area contributed by atoms with Crippen LogP contribution in [0.5, 0.6) is 0 Å². The van der Waals surface area contributed by atoms with Crippen molar-refractivity contribution in [2.45, 2.75) is 175 Å². The van der Waals surface area contributed by atoms with E-state index in [1.54, 1.807) is 41.5 Å². The lowest BCUT2D eigenvalue weighted by Crippen LogP contribution is -2.59. The molecule has 9 atom stereocenters. The highest BCUT2D eigenvalue weighted by molar-refractivity contribution is 7.09. The van der Waals surface area contributed by atoms with Crippen LogP contribution in [0.25, 0.3) is 0 Å². The van der Waals surface area contributed by atoms with Crippen LogP contribution in [0.1, 0.15) is 160 Å². The van der Waals surface area contributed by atoms with E-state index in [0.29, 0.717) is 81.1 Å². The second-order valence-corrected chi connectivity index (χ2v) is 22.1. The number of likely N-dealkylation sites (tertiary alicyclic amines) is 1. The van der Waals surface area contributed by atoms with Crippen molar-refractivity contribution in [2.24, 2.45) is 29.4 Å². The van der Waals surface area contributed by atoms with Crippen molar-refractivity contribution in [1.29, 1.82) is 0 Å². The maximum Gasteiger partial charge on any atom is 0.306 e. The molecule has 1 fully saturated rings. The predicted molar refractivity (Wildman–Crippen MR) is 294 cm³/mol. The highest BCUT2D eigenvalue weighted by Gasteiger charge is 2.39. The molecule has 2 aliphatic heterocycles. The summed E-state index contributed by atoms with van der Waals surface area (Å²) in [5.41, 5.74) is 6.94. The van der Waals surface area contributed by atoms with Crippen LogP contribution >= 0.6 is 11.3 Å². The number of nitrogens with zero attached hydrogens (tertiary/aromatic N) is 4. The fourth-order valence-electron chi connectivity index (χ4n) is 9.78. The molecule has 3 heterocycles. The molecule has 0 bridgehead atoms. The zero-order valence-corrected chi connectivity index (χ0v) is 47.5. The van der Waals surface area contributed by atoms with E-state index in [-0.39, 0.29) is 85.3 Å². The normalized spacial score (nSPS) is 18.4. The van der Waals surface area contributed by atoms with Gasteiger partial charge in [0.1, 0.15) is 22.8 Å². The van der Waals surface area contributed by atoms with Crippen LogP contribution in [-0.4, -0.2) is 142 Å². The molecular formula is C56H85N9O11S. The Balaban J connectivity index is 1.44. The number of aromatic nitrogens is 1. The van der Waals surface area contributed by atoms with Crippen molar-refractivity contribution in [2.75, 3.05) is 38.5 Å². The standard InChI is InChI=1S/C56H85N9O11S/c1-10-36(6)50(62-53(72)45-29-35(5)25-28-63(45)9)55(73)64(11-2)44(34(3)4)32-46(76-38(8)66)54-61-43(33-77-54)52(71)59-41(30-37(7)56(74)75)31-39-19-21-40(22-20-39)58-51(70)42(17-14-15-26-57)60-47(67)18-13-12-16-27-65-48(68)23-24-49(65)69/h19-24,33-37,41-42,44-46,50H,10-18,25-32,57H2,1-9H3,(H,58,70)(H,59,71)(H,60,67)(H,62,72)(H,74,75)/t35-,36+,37+,41-,42+,44-,45?,46-,50+/m1/s1. The third kappa shape index (κ3) is 19.7. The Bertz CT molecular complexity index is 2340. The molecule has 0 saturated carbocycles. The number of imide groups is 1. The number of anilines is 1. The molecular weight excluding hydrogens is 1010 g/mol. The van der Waals surface area contributed by atoms with Crippen molar-refractivity contribution in [3.8, 4) is 0 Å². The van der Waals surface area contributed by atoms with Crippen LogP contribution in [-0.2, 0) is 49.5 Å². The fourth-order valence-corrected chi connectivity index (χ4v) is 10.6. The summed E-state index contributed by atoms with van der Waals surface area (Å²) in [6.07, 6.45) is 7.84. The maximum atomic E-state index is 14.6. The summed E-state index contributed by atoms with van der Waals surface area (Å²) in [6.45, 7) is 16.6. The first-order valence-electron chi connectivity index (χ1n) is 27.5. The minimum absolute atomic E-state index is 0.0398. The Morgan fingerprint density at radius 2 is 1.61 bits per heavy atom. The summed E-state index contributed by atoms with van der Waals surface area (Å²) in [5.74, 6) is -4.69. The Kier molecular flexibility index (Phi) is 25.9. The van der Waals surface area contributed by atoms with Crippen molar-refractivity contribution >= 4 is 70.3 Å². The Morgan fingerprint density at radius 3 is 2.22 bits per heavy atom. The van der Waals surface area contributed by atoms with Gasteiger partial charge in [-0.25, -0.2) is 4.98 Å². The van der Waals surface area contributed by atoms with E-state index < -0.39 is 59.9 Å². The minimum atomic E-state index is -1.04. The minimum Gasteiger partial charge on any atom is -0.481 e. The number of nitrogens with two attached hydrogens (primary N) is 1. The summed E-state index contributed by atoms with van der Waals surface area (Å²) in [4.78, 5) is 127. The van der Waals surface area contributed by atoms with Gasteiger partial charge >= 0.3 is 11.9 Å². The molecule has 21 heteroatoms. The van der Waals surface area contributed by atoms with Crippen molar-refractivity contribution in [1.82, 2.24) is 35.6 Å². The lowest BCUT2D eigenvalue weighted by molar-refractivity contribution is -0.150. The molecule has 2 aromatic rings. The van der Waals surface area contributed by atoms with Gasteiger partial charge in [0, 0.05) is 68.2 Å². The van der Waals surface area contributed by atoms with Gasteiger partial charge in [-0.2, -0.15) is 0 Å². The first-order valence-corrected chi connectivity index (χ1v) is 28.3. The number of esters is 1. The molecule has 0 aliphatic carbocycles. The number of carboxylic acids is 1. The fraction of sp³-hybridized carbons (Fsp3) is 0.643. The monoisotopic (exact) mass is 1090 g/mol. The van der Waals surface area contributed by atoms with Crippen molar-refractivity contribution in [3.63, 3.8) is 0 Å². The molecule has 426 valence electrons. The highest BCUT2D eigenvalue weighted by atomic mass is 32.1. The number of carbonyl (C=O) groups excluding carboxylic acids is 8. The van der Waals surface area contributed by atoms with Gasteiger partial charge in [-0.3, -0.25) is 53.0 Å². The smallest absolute Gasteiger partial charge is 0.306 e. The quantitative estimate of drug-likeness (QED) is 0.0289. The maximum absolute atomic E-state index is 14.6. The van der Waals surface area contributed by atoms with Crippen LogP contribution < -0.4 is 27.0 Å². The molecule has 7 N–H and O–H groups in total. The molecule has 1 unspecified atom stereocenters. The summed E-state index contributed by atoms with van der Waals surface area (Å²) in [6, 6.07) is 3.83. The van der Waals surface area contributed by atoms with Gasteiger partial charge in [0.25, 0.3) is 17.7 Å². The molecule has 1 saturated heterocycles. The molecule has 1 aromatic carbocycles. The number of rotatable bonds is 32. The Labute approximate surface area is 458 Å². The number of nitrogens with one attached hydrogen (secondary N) is 4. The zero-order valence-electron chi connectivity index (χ0n) is 46.6. The lowest BCUT2D eigenvalue weighted by atomic mass is 9.90. The molecule has 7 amide bonds. The number of amides is 7. The third-order valence-electron chi connectivity index (χ3n) is 14.7. The number of carbonyl (C=O) groups is 9. The lowest BCUT2D eigenvalue weighted by Gasteiger charge is -2.40. The Morgan fingerprint density at radius 1 is 0.922 bits per heavy atom.